The summed E-state index contributed by atoms with van der Waals surface area (Å²) in [6.07, 6.45) is 1.67. The number of cyclic esters (lactones) is 2. The van der Waals surface area contributed by atoms with E-state index in [0.29, 0.717) is 10.8 Å². The van der Waals surface area contributed by atoms with Crippen LogP contribution in [0.1, 0.15) is 71.1 Å². The fourth-order valence-electron chi connectivity index (χ4n) is 5.70. The molecule has 1 fully saturated rings. The summed E-state index contributed by atoms with van der Waals surface area (Å²) in [4.78, 5) is 53.8. The van der Waals surface area contributed by atoms with E-state index in [2.05, 4.69) is 5.32 Å². The van der Waals surface area contributed by atoms with Crippen LogP contribution in [0.4, 0.5) is 0 Å². The molecule has 0 aliphatic carbocycles. The zero-order valence-electron chi connectivity index (χ0n) is 28.0. The molecule has 6 atom stereocenters. The minimum atomic E-state index is -1.17. The van der Waals surface area contributed by atoms with E-state index in [1.165, 1.54) is 13.2 Å². The van der Waals surface area contributed by atoms with E-state index in [9.17, 15) is 19.2 Å². The van der Waals surface area contributed by atoms with Crippen LogP contribution in [0.25, 0.3) is 0 Å². The number of ketones is 1. The lowest BCUT2D eigenvalue weighted by Crippen LogP contribution is -2.45. The van der Waals surface area contributed by atoms with Gasteiger partial charge in [0.15, 0.2) is 11.9 Å². The summed E-state index contributed by atoms with van der Waals surface area (Å²) < 4.78 is 23.1. The summed E-state index contributed by atoms with van der Waals surface area (Å²) in [5.74, 6) is -2.35. The van der Waals surface area contributed by atoms with Gasteiger partial charge in [-0.05, 0) is 61.9 Å². The minimum Gasteiger partial charge on any atom is -0.495 e. The molecule has 1 saturated heterocycles. The van der Waals surface area contributed by atoms with Crippen molar-refractivity contribution in [2.45, 2.75) is 84.7 Å². The first-order chi connectivity index (χ1) is 22.3. The van der Waals surface area contributed by atoms with E-state index in [0.717, 1.165) is 11.1 Å². The number of carbonyl (C=O) groups excluding carboxylic acids is 4. The van der Waals surface area contributed by atoms with Gasteiger partial charge in [-0.25, -0.2) is 4.79 Å². The van der Waals surface area contributed by atoms with Crippen molar-refractivity contribution in [3.05, 3.63) is 76.8 Å². The number of hydrogen-bond acceptors (Lipinski definition) is 8. The molecule has 0 spiro atoms. The summed E-state index contributed by atoms with van der Waals surface area (Å²) in [5.41, 5.74) is 0.624. The molecule has 2 aromatic rings. The van der Waals surface area contributed by atoms with Crippen molar-refractivity contribution >= 4 is 35.2 Å². The third kappa shape index (κ3) is 9.91. The van der Waals surface area contributed by atoms with Gasteiger partial charge in [-0.1, -0.05) is 74.8 Å². The number of carbonyl (C=O) groups is 4. The quantitative estimate of drug-likeness (QED) is 0.261. The summed E-state index contributed by atoms with van der Waals surface area (Å²) in [7, 11) is 1.52. The molecule has 1 amide bonds. The van der Waals surface area contributed by atoms with Gasteiger partial charge in [0.1, 0.15) is 18.0 Å². The first kappa shape index (κ1) is 36.2. The van der Waals surface area contributed by atoms with Crippen molar-refractivity contribution in [1.29, 1.82) is 0 Å². The van der Waals surface area contributed by atoms with E-state index in [4.69, 9.17) is 30.5 Å². The molecular weight excluding hydrogens is 622 g/mol. The van der Waals surface area contributed by atoms with Crippen molar-refractivity contribution in [3.63, 3.8) is 0 Å². The molecule has 4 rings (SSSR count). The Morgan fingerprint density at radius 1 is 1.02 bits per heavy atom. The number of allylic oxidation sites excluding steroid dienone is 1. The highest BCUT2D eigenvalue weighted by molar-refractivity contribution is 6.32. The maximum absolute atomic E-state index is 13.6. The second-order valence-corrected chi connectivity index (χ2v) is 14.0. The maximum Gasteiger partial charge on any atom is 0.347 e. The van der Waals surface area contributed by atoms with Crippen LogP contribution in [-0.4, -0.2) is 55.6 Å². The number of ether oxygens (including phenoxy) is 4. The summed E-state index contributed by atoms with van der Waals surface area (Å²) in [6.45, 7) is 9.03. The van der Waals surface area contributed by atoms with Gasteiger partial charge in [-0.3, -0.25) is 14.4 Å². The van der Waals surface area contributed by atoms with Gasteiger partial charge in [-0.15, -0.1) is 0 Å². The van der Waals surface area contributed by atoms with E-state index in [1.807, 2.05) is 51.1 Å². The Kier molecular flexibility index (Phi) is 12.3. The van der Waals surface area contributed by atoms with Gasteiger partial charge >= 0.3 is 11.9 Å². The van der Waals surface area contributed by atoms with Crippen LogP contribution in [0, 0.1) is 23.2 Å². The molecule has 2 aliphatic rings. The van der Waals surface area contributed by atoms with Gasteiger partial charge in [0, 0.05) is 31.2 Å². The molecule has 2 aromatic carbocycles. The highest BCUT2D eigenvalue weighted by atomic mass is 35.5. The first-order valence-electron chi connectivity index (χ1n) is 16.2. The molecule has 0 bridgehead atoms. The smallest absolute Gasteiger partial charge is 0.347 e. The number of nitrogens with one attached hydrogen (secondary N) is 1. The molecule has 10 heteroatoms. The van der Waals surface area contributed by atoms with Crippen LogP contribution >= 0.6 is 11.6 Å². The Balaban J connectivity index is 1.61. The molecular formula is C37H46ClNO8. The number of methoxy groups -OCH3 is 1. The lowest BCUT2D eigenvalue weighted by Gasteiger charge is -2.29. The number of rotatable bonds is 8. The largest absolute Gasteiger partial charge is 0.495 e. The number of epoxide rings is 1. The van der Waals surface area contributed by atoms with Crippen LogP contribution in [0.3, 0.4) is 0 Å². The van der Waals surface area contributed by atoms with Crippen molar-refractivity contribution in [3.8, 4) is 5.75 Å². The van der Waals surface area contributed by atoms with Crippen molar-refractivity contribution in [1.82, 2.24) is 5.32 Å². The Bertz CT molecular complexity index is 1460. The average Bonchev–Trinajstić information content (AvgIpc) is 3.83. The van der Waals surface area contributed by atoms with E-state index in [-0.39, 0.29) is 68.0 Å². The molecule has 1 N–H and O–H groups in total. The Labute approximate surface area is 282 Å². The van der Waals surface area contributed by atoms with Crippen LogP contribution in [0.2, 0.25) is 5.02 Å². The number of benzene rings is 2. The fraction of sp³-hybridized carbons (Fsp3) is 0.514. The lowest BCUT2D eigenvalue weighted by molar-refractivity contribution is -0.179. The molecule has 2 heterocycles. The molecule has 254 valence electrons. The van der Waals surface area contributed by atoms with Crippen molar-refractivity contribution in [2.75, 3.05) is 13.7 Å². The third-order valence-electron chi connectivity index (χ3n) is 8.67. The molecule has 0 saturated carbocycles. The van der Waals surface area contributed by atoms with Gasteiger partial charge in [0.25, 0.3) is 0 Å². The molecule has 9 nitrogen and oxygen atoms in total. The minimum absolute atomic E-state index is 0.0311. The van der Waals surface area contributed by atoms with Crippen molar-refractivity contribution in [2.24, 2.45) is 23.2 Å². The second-order valence-electron chi connectivity index (χ2n) is 13.6. The standard InChI is InChI=1S/C37H46ClNO8/c1-22(2)17-31-35(42)45-29(23(3)32-33(47-32)25-11-8-7-9-12-25)14-10-13-27(40)20-26(18-24-15-16-30(44-6)28(38)19-24)34(41)39-21-37(4,5)36(43)46-31/h7-13,15-16,19,22-23,26,29,31-33H,14,17-18,20-21H2,1-6H3,(H,39,41)/t23-,26-,29-,31-,32+,33+/m0/s1. The predicted molar refractivity (Wildman–Crippen MR) is 178 cm³/mol. The number of esters is 2. The van der Waals surface area contributed by atoms with Crippen LogP contribution in [0.5, 0.6) is 5.75 Å². The van der Waals surface area contributed by atoms with Gasteiger partial charge in [0.05, 0.1) is 23.7 Å². The zero-order valence-corrected chi connectivity index (χ0v) is 28.8. The van der Waals surface area contributed by atoms with Crippen LogP contribution in [0.15, 0.2) is 60.7 Å². The number of amides is 1. The molecule has 2 aliphatic heterocycles. The van der Waals surface area contributed by atoms with E-state index >= 15 is 0 Å². The second kappa shape index (κ2) is 15.9. The fourth-order valence-corrected chi connectivity index (χ4v) is 5.98. The highest BCUT2D eigenvalue weighted by Gasteiger charge is 2.48. The normalized spacial score (nSPS) is 26.3. The summed E-state index contributed by atoms with van der Waals surface area (Å²) in [6, 6.07) is 15.1. The third-order valence-corrected chi connectivity index (χ3v) is 8.96. The highest BCUT2D eigenvalue weighted by Crippen LogP contribution is 2.45. The molecule has 0 radical (unpaired) electrons. The van der Waals surface area contributed by atoms with E-state index < -0.39 is 35.5 Å². The predicted octanol–water partition coefficient (Wildman–Crippen LogP) is 6.21. The Hall–Kier alpha value is -3.69. The average molecular weight is 668 g/mol. The summed E-state index contributed by atoms with van der Waals surface area (Å²) >= 11 is 6.34. The SMILES string of the molecule is COc1ccc(C[C@H]2CC(=O)C=CC[C@@H]([C@H](C)[C@H]3O[C@@H]3c3ccccc3)OC(=O)[C@H](CC(C)C)OC(=O)C(C)(C)CNC2=O)cc1Cl. The molecule has 0 aromatic heterocycles. The summed E-state index contributed by atoms with van der Waals surface area (Å²) in [5, 5.41) is 3.23. The van der Waals surface area contributed by atoms with Gasteiger partial charge in [0.2, 0.25) is 5.91 Å². The van der Waals surface area contributed by atoms with Gasteiger partial charge in [-0.2, -0.15) is 0 Å². The molecule has 0 unspecified atom stereocenters. The number of halogens is 1. The van der Waals surface area contributed by atoms with Crippen LogP contribution < -0.4 is 10.1 Å². The van der Waals surface area contributed by atoms with Gasteiger partial charge < -0.3 is 24.3 Å². The van der Waals surface area contributed by atoms with Crippen LogP contribution in [-0.2, 0) is 39.8 Å². The van der Waals surface area contributed by atoms with E-state index in [1.54, 1.807) is 38.1 Å². The number of hydrogen-bond donors (Lipinski definition) is 1. The maximum atomic E-state index is 13.6. The van der Waals surface area contributed by atoms with Crippen molar-refractivity contribution < 1.29 is 38.1 Å². The first-order valence-corrected chi connectivity index (χ1v) is 16.6. The topological polar surface area (TPSA) is 121 Å². The zero-order chi connectivity index (χ0) is 34.3. The molecule has 47 heavy (non-hydrogen) atoms. The lowest BCUT2D eigenvalue weighted by atomic mass is 9.90. The Morgan fingerprint density at radius 2 is 1.74 bits per heavy atom. The monoisotopic (exact) mass is 667 g/mol. The Morgan fingerprint density at radius 3 is 2.40 bits per heavy atom.